The maximum absolute atomic E-state index is 13.7. The van der Waals surface area contributed by atoms with Gasteiger partial charge >= 0.3 is 5.97 Å². The summed E-state index contributed by atoms with van der Waals surface area (Å²) in [6.45, 7) is 4.61. The Morgan fingerprint density at radius 1 is 1.06 bits per heavy atom. The van der Waals surface area contributed by atoms with Gasteiger partial charge in [0.25, 0.3) is 0 Å². The Hall–Kier alpha value is -2.94. The number of aliphatic carboxylic acids is 1. The highest BCUT2D eigenvalue weighted by molar-refractivity contribution is 5.95. The van der Waals surface area contributed by atoms with Gasteiger partial charge < -0.3 is 26.0 Å². The lowest BCUT2D eigenvalue weighted by molar-refractivity contribution is -0.152. The second kappa shape index (κ2) is 11.5. The monoisotopic (exact) mass is 472 g/mol. The van der Waals surface area contributed by atoms with Crippen LogP contribution in [-0.4, -0.2) is 75.9 Å². The molecule has 3 amide bonds. The number of nitrogens with two attached hydrogens (primary N) is 1. The fourth-order valence-electron chi connectivity index (χ4n) is 4.80. The van der Waals surface area contributed by atoms with Crippen molar-refractivity contribution in [1.29, 1.82) is 0 Å². The quantitative estimate of drug-likeness (QED) is 0.494. The van der Waals surface area contributed by atoms with Crippen LogP contribution in [0.4, 0.5) is 0 Å². The number of amides is 3. The maximum Gasteiger partial charge on any atom is 0.326 e. The van der Waals surface area contributed by atoms with E-state index in [0.717, 1.165) is 12.0 Å². The molecule has 2 saturated heterocycles. The molecular formula is C25H36N4O5. The molecule has 0 aromatic heterocycles. The summed E-state index contributed by atoms with van der Waals surface area (Å²) in [5.41, 5.74) is 7.00. The van der Waals surface area contributed by atoms with Crippen LogP contribution in [-0.2, 0) is 25.6 Å². The highest BCUT2D eigenvalue weighted by Crippen LogP contribution is 2.26. The molecule has 0 radical (unpaired) electrons. The molecule has 0 saturated carbocycles. The van der Waals surface area contributed by atoms with Crippen LogP contribution in [0.15, 0.2) is 30.3 Å². The normalized spacial score (nSPS) is 22.8. The predicted octanol–water partition coefficient (Wildman–Crippen LogP) is 1.15. The zero-order valence-electron chi connectivity index (χ0n) is 20.0. The summed E-state index contributed by atoms with van der Waals surface area (Å²) in [6.07, 6.45) is 3.18. The number of hydrogen-bond acceptors (Lipinski definition) is 5. The molecule has 9 nitrogen and oxygen atoms in total. The average molecular weight is 473 g/mol. The number of hydrogen-bond donors (Lipinski definition) is 3. The third kappa shape index (κ3) is 5.75. The van der Waals surface area contributed by atoms with Gasteiger partial charge in [0.15, 0.2) is 0 Å². The van der Waals surface area contributed by atoms with E-state index in [1.165, 1.54) is 9.80 Å². The van der Waals surface area contributed by atoms with Gasteiger partial charge in [-0.3, -0.25) is 14.4 Å². The van der Waals surface area contributed by atoms with E-state index in [2.05, 4.69) is 5.32 Å². The van der Waals surface area contributed by atoms with Crippen molar-refractivity contribution in [2.24, 2.45) is 11.7 Å². The lowest BCUT2D eigenvalue weighted by Gasteiger charge is -2.32. The predicted molar refractivity (Wildman–Crippen MR) is 127 cm³/mol. The van der Waals surface area contributed by atoms with Gasteiger partial charge in [0.05, 0.1) is 6.04 Å². The molecule has 1 aromatic rings. The van der Waals surface area contributed by atoms with Crippen molar-refractivity contribution in [2.75, 3.05) is 13.1 Å². The largest absolute Gasteiger partial charge is 0.480 e. The van der Waals surface area contributed by atoms with Crippen LogP contribution < -0.4 is 11.1 Å². The average Bonchev–Trinajstić information content (AvgIpc) is 3.52. The van der Waals surface area contributed by atoms with Gasteiger partial charge in [0.2, 0.25) is 17.7 Å². The summed E-state index contributed by atoms with van der Waals surface area (Å²) in [5.74, 6) is -2.12. The van der Waals surface area contributed by atoms with Crippen LogP contribution in [0.1, 0.15) is 51.5 Å². The molecule has 0 aliphatic carbocycles. The first-order valence-corrected chi connectivity index (χ1v) is 12.2. The summed E-state index contributed by atoms with van der Waals surface area (Å²) in [4.78, 5) is 54.3. The van der Waals surface area contributed by atoms with Crippen molar-refractivity contribution in [3.05, 3.63) is 35.9 Å². The maximum atomic E-state index is 13.7. The molecule has 5 unspecified atom stereocenters. The minimum Gasteiger partial charge on any atom is -0.480 e. The van der Waals surface area contributed by atoms with Gasteiger partial charge in [-0.1, -0.05) is 50.6 Å². The standard InChI is InChI=1S/C25H36N4O5/c1-3-16(2)21(26)22(30)27-18(15-17-9-5-4-6-10-17)23(31)28-13-7-11-19(28)24(32)29-14-8-12-20(29)25(33)34/h4-6,9-10,16,18-21H,3,7-8,11-15,26H2,1-2H3,(H,27,30)(H,33,34). The summed E-state index contributed by atoms with van der Waals surface area (Å²) in [7, 11) is 0. The zero-order chi connectivity index (χ0) is 24.8. The Labute approximate surface area is 200 Å². The molecule has 2 aliphatic heterocycles. The lowest BCUT2D eigenvalue weighted by atomic mass is 9.98. The molecule has 2 heterocycles. The van der Waals surface area contributed by atoms with Crippen molar-refractivity contribution < 1.29 is 24.3 Å². The first-order valence-electron chi connectivity index (χ1n) is 12.2. The van der Waals surface area contributed by atoms with Crippen LogP contribution in [0, 0.1) is 5.92 Å². The van der Waals surface area contributed by atoms with E-state index in [1.807, 2.05) is 44.2 Å². The Morgan fingerprint density at radius 3 is 2.29 bits per heavy atom. The minimum absolute atomic E-state index is 0.0447. The first kappa shape index (κ1) is 25.7. The van der Waals surface area contributed by atoms with E-state index in [-0.39, 0.29) is 24.2 Å². The third-order valence-electron chi connectivity index (χ3n) is 7.10. The molecule has 0 bridgehead atoms. The number of carbonyl (C=O) groups excluding carboxylic acids is 3. The smallest absolute Gasteiger partial charge is 0.326 e. The van der Waals surface area contributed by atoms with Crippen molar-refractivity contribution in [3.63, 3.8) is 0 Å². The number of carbonyl (C=O) groups is 4. The number of benzene rings is 1. The third-order valence-corrected chi connectivity index (χ3v) is 7.10. The van der Waals surface area contributed by atoms with Gasteiger partial charge in [0, 0.05) is 19.5 Å². The highest BCUT2D eigenvalue weighted by atomic mass is 16.4. The number of carboxylic acid groups (broad SMARTS) is 1. The Bertz CT molecular complexity index is 893. The highest BCUT2D eigenvalue weighted by Gasteiger charge is 2.43. The summed E-state index contributed by atoms with van der Waals surface area (Å²) in [6, 6.07) is 6.20. The molecule has 186 valence electrons. The second-order valence-electron chi connectivity index (χ2n) is 9.38. The van der Waals surface area contributed by atoms with Crippen molar-refractivity contribution in [2.45, 2.75) is 76.5 Å². The summed E-state index contributed by atoms with van der Waals surface area (Å²) >= 11 is 0. The topological polar surface area (TPSA) is 133 Å². The number of likely N-dealkylation sites (tertiary alicyclic amines) is 2. The van der Waals surface area contributed by atoms with E-state index in [9.17, 15) is 24.3 Å². The molecule has 0 spiro atoms. The van der Waals surface area contributed by atoms with E-state index in [0.29, 0.717) is 38.8 Å². The minimum atomic E-state index is -1.02. The van der Waals surface area contributed by atoms with Crippen molar-refractivity contribution in [3.8, 4) is 0 Å². The molecule has 3 rings (SSSR count). The second-order valence-corrected chi connectivity index (χ2v) is 9.38. The van der Waals surface area contributed by atoms with Crippen LogP contribution in [0.25, 0.3) is 0 Å². The van der Waals surface area contributed by atoms with E-state index < -0.39 is 36.0 Å². The van der Waals surface area contributed by atoms with Crippen LogP contribution in [0.5, 0.6) is 0 Å². The number of nitrogens with one attached hydrogen (secondary N) is 1. The lowest BCUT2D eigenvalue weighted by Crippen LogP contribution is -2.58. The molecule has 2 fully saturated rings. The van der Waals surface area contributed by atoms with Gasteiger partial charge in [-0.25, -0.2) is 4.79 Å². The Kier molecular flexibility index (Phi) is 8.66. The molecule has 9 heteroatoms. The molecule has 1 aromatic carbocycles. The number of rotatable bonds is 9. The van der Waals surface area contributed by atoms with E-state index in [1.54, 1.807) is 0 Å². The van der Waals surface area contributed by atoms with Crippen molar-refractivity contribution in [1.82, 2.24) is 15.1 Å². The van der Waals surface area contributed by atoms with Gasteiger partial charge in [-0.2, -0.15) is 0 Å². The van der Waals surface area contributed by atoms with Crippen molar-refractivity contribution >= 4 is 23.7 Å². The van der Waals surface area contributed by atoms with Gasteiger partial charge in [0.1, 0.15) is 18.1 Å². The fourth-order valence-corrected chi connectivity index (χ4v) is 4.80. The Morgan fingerprint density at radius 2 is 1.68 bits per heavy atom. The molecular weight excluding hydrogens is 436 g/mol. The van der Waals surface area contributed by atoms with E-state index >= 15 is 0 Å². The number of nitrogens with zero attached hydrogens (tertiary/aromatic N) is 2. The van der Waals surface area contributed by atoms with Crippen LogP contribution in [0.2, 0.25) is 0 Å². The molecule has 4 N–H and O–H groups in total. The SMILES string of the molecule is CCC(C)C(N)C(=O)NC(Cc1ccccc1)C(=O)N1CCCC1C(=O)N1CCCC1C(=O)O. The van der Waals surface area contributed by atoms with Crippen LogP contribution >= 0.6 is 0 Å². The summed E-state index contributed by atoms with van der Waals surface area (Å²) < 4.78 is 0. The molecule has 5 atom stereocenters. The zero-order valence-corrected chi connectivity index (χ0v) is 20.0. The van der Waals surface area contributed by atoms with Crippen LogP contribution in [0.3, 0.4) is 0 Å². The van der Waals surface area contributed by atoms with E-state index in [4.69, 9.17) is 5.73 Å². The number of carboxylic acids is 1. The van der Waals surface area contributed by atoms with Gasteiger partial charge in [-0.05, 0) is 37.2 Å². The molecule has 34 heavy (non-hydrogen) atoms. The fraction of sp³-hybridized carbons (Fsp3) is 0.600. The first-order chi connectivity index (χ1) is 16.2. The summed E-state index contributed by atoms with van der Waals surface area (Å²) in [5, 5.41) is 12.3. The van der Waals surface area contributed by atoms with Gasteiger partial charge in [-0.15, -0.1) is 0 Å². The molecule has 2 aliphatic rings. The Balaban J connectivity index is 1.80.